The Kier molecular flexibility index (Phi) is 5.30. The number of carbonyl (C=O) groups excluding carboxylic acids is 2. The normalized spacial score (nSPS) is 17.9. The second-order valence-corrected chi connectivity index (χ2v) is 6.93. The molecule has 1 amide bonds. The van der Waals surface area contributed by atoms with Crippen molar-refractivity contribution in [2.45, 2.75) is 12.6 Å². The molecular formula is C24H20N2O4. The summed E-state index contributed by atoms with van der Waals surface area (Å²) in [5.74, 6) is -0.990. The van der Waals surface area contributed by atoms with Crippen molar-refractivity contribution in [2.24, 2.45) is 0 Å². The van der Waals surface area contributed by atoms with Gasteiger partial charge in [0.05, 0.1) is 18.7 Å². The van der Waals surface area contributed by atoms with Gasteiger partial charge in [-0.25, -0.2) is 0 Å². The fraction of sp³-hybridized carbons (Fsp3) is 0.125. The maximum Gasteiger partial charge on any atom is 0.295 e. The van der Waals surface area contributed by atoms with Crippen LogP contribution in [-0.4, -0.2) is 33.8 Å². The van der Waals surface area contributed by atoms with E-state index < -0.39 is 17.7 Å². The number of methoxy groups -OCH3 is 1. The van der Waals surface area contributed by atoms with Crippen molar-refractivity contribution in [3.63, 3.8) is 0 Å². The lowest BCUT2D eigenvalue weighted by atomic mass is 9.95. The van der Waals surface area contributed by atoms with Crippen LogP contribution in [0, 0.1) is 0 Å². The largest absolute Gasteiger partial charge is 0.507 e. The second-order valence-electron chi connectivity index (χ2n) is 6.93. The highest BCUT2D eigenvalue weighted by molar-refractivity contribution is 6.46. The molecule has 1 unspecified atom stereocenters. The minimum absolute atomic E-state index is 0.0513. The molecule has 1 aliphatic heterocycles. The molecule has 2 heterocycles. The zero-order valence-electron chi connectivity index (χ0n) is 16.4. The van der Waals surface area contributed by atoms with E-state index in [-0.39, 0.29) is 17.9 Å². The number of aliphatic hydroxyl groups excluding tert-OH is 1. The standard InChI is InChI=1S/C24H20N2O4/c1-30-19-9-5-8-18(14-19)21-20(22(27)17-10-12-25-13-11-17)23(28)24(29)26(21)15-16-6-3-2-4-7-16/h2-14,21,27H,15H2,1H3/b22-20+. The van der Waals surface area contributed by atoms with Crippen molar-refractivity contribution in [1.82, 2.24) is 9.88 Å². The van der Waals surface area contributed by atoms with E-state index in [0.29, 0.717) is 16.9 Å². The third kappa shape index (κ3) is 3.55. The molecule has 0 saturated carbocycles. The first-order valence-electron chi connectivity index (χ1n) is 9.47. The Morgan fingerprint density at radius 3 is 2.47 bits per heavy atom. The number of pyridine rings is 1. The summed E-state index contributed by atoms with van der Waals surface area (Å²) in [5.41, 5.74) is 2.04. The zero-order chi connectivity index (χ0) is 21.1. The molecule has 1 N–H and O–H groups in total. The summed E-state index contributed by atoms with van der Waals surface area (Å²) in [6.45, 7) is 0.237. The molecule has 3 aromatic rings. The molecule has 0 radical (unpaired) electrons. The topological polar surface area (TPSA) is 79.7 Å². The molecule has 1 atom stereocenters. The van der Waals surface area contributed by atoms with Gasteiger partial charge in [0.15, 0.2) is 0 Å². The molecule has 30 heavy (non-hydrogen) atoms. The molecule has 1 fully saturated rings. The zero-order valence-corrected chi connectivity index (χ0v) is 16.4. The van der Waals surface area contributed by atoms with Crippen molar-refractivity contribution < 1.29 is 19.4 Å². The predicted molar refractivity (Wildman–Crippen MR) is 112 cm³/mol. The average Bonchev–Trinajstić information content (AvgIpc) is 3.05. The highest BCUT2D eigenvalue weighted by Gasteiger charge is 2.46. The SMILES string of the molecule is COc1cccc(C2/C(=C(\O)c3ccncc3)C(=O)C(=O)N2Cc2ccccc2)c1. The average molecular weight is 400 g/mol. The maximum absolute atomic E-state index is 13.0. The van der Waals surface area contributed by atoms with E-state index in [0.717, 1.165) is 5.56 Å². The summed E-state index contributed by atoms with van der Waals surface area (Å²) >= 11 is 0. The Balaban J connectivity index is 1.87. The summed E-state index contributed by atoms with van der Waals surface area (Å²) in [6.07, 6.45) is 3.05. The number of amides is 1. The number of benzene rings is 2. The lowest BCUT2D eigenvalue weighted by Gasteiger charge is -2.25. The van der Waals surface area contributed by atoms with Crippen molar-refractivity contribution >= 4 is 17.4 Å². The molecule has 1 saturated heterocycles. The van der Waals surface area contributed by atoms with E-state index in [4.69, 9.17) is 4.74 Å². The first-order valence-corrected chi connectivity index (χ1v) is 9.47. The van der Waals surface area contributed by atoms with Crippen LogP contribution in [0.3, 0.4) is 0 Å². The number of ketones is 1. The second kappa shape index (κ2) is 8.21. The third-order valence-corrected chi connectivity index (χ3v) is 5.10. The molecule has 1 aromatic heterocycles. The van der Waals surface area contributed by atoms with E-state index in [9.17, 15) is 14.7 Å². The fourth-order valence-corrected chi connectivity index (χ4v) is 3.65. The summed E-state index contributed by atoms with van der Waals surface area (Å²) in [5, 5.41) is 11.0. The van der Waals surface area contributed by atoms with Crippen LogP contribution in [-0.2, 0) is 16.1 Å². The summed E-state index contributed by atoms with van der Waals surface area (Å²) in [6, 6.07) is 19.1. The number of hydrogen-bond donors (Lipinski definition) is 1. The monoisotopic (exact) mass is 400 g/mol. The van der Waals surface area contributed by atoms with Crippen LogP contribution in [0.25, 0.3) is 5.76 Å². The van der Waals surface area contributed by atoms with Gasteiger partial charge >= 0.3 is 0 Å². The van der Waals surface area contributed by atoms with Crippen LogP contribution in [0.4, 0.5) is 0 Å². The Labute approximate surface area is 174 Å². The minimum atomic E-state index is -0.742. The molecule has 0 bridgehead atoms. The molecule has 4 rings (SSSR count). The summed E-state index contributed by atoms with van der Waals surface area (Å²) in [4.78, 5) is 31.4. The Bertz CT molecular complexity index is 1110. The van der Waals surface area contributed by atoms with Crippen molar-refractivity contribution in [3.8, 4) is 5.75 Å². The first kappa shape index (κ1) is 19.4. The van der Waals surface area contributed by atoms with Gasteiger partial charge in [-0.05, 0) is 35.4 Å². The third-order valence-electron chi connectivity index (χ3n) is 5.10. The van der Waals surface area contributed by atoms with Crippen LogP contribution >= 0.6 is 0 Å². The number of nitrogens with zero attached hydrogens (tertiary/aromatic N) is 2. The highest BCUT2D eigenvalue weighted by Crippen LogP contribution is 2.40. The Hall–Kier alpha value is -3.93. The number of Topliss-reactive ketones (excluding diaryl/α,β-unsaturated/α-hetero) is 1. The van der Waals surface area contributed by atoms with Gasteiger partial charge in [-0.2, -0.15) is 0 Å². The number of carbonyl (C=O) groups is 2. The number of aromatic nitrogens is 1. The van der Waals surface area contributed by atoms with E-state index >= 15 is 0 Å². The minimum Gasteiger partial charge on any atom is -0.507 e. The number of ether oxygens (including phenoxy) is 1. The van der Waals surface area contributed by atoms with Gasteiger partial charge < -0.3 is 14.7 Å². The van der Waals surface area contributed by atoms with E-state index in [1.807, 2.05) is 36.4 Å². The molecule has 0 spiro atoms. The van der Waals surface area contributed by atoms with Crippen LogP contribution in [0.5, 0.6) is 5.75 Å². The lowest BCUT2D eigenvalue weighted by Crippen LogP contribution is -2.29. The Morgan fingerprint density at radius 1 is 1.03 bits per heavy atom. The van der Waals surface area contributed by atoms with E-state index in [2.05, 4.69) is 4.98 Å². The smallest absolute Gasteiger partial charge is 0.295 e. The molecule has 0 aliphatic carbocycles. The van der Waals surface area contributed by atoms with Gasteiger partial charge in [0.2, 0.25) is 0 Å². The van der Waals surface area contributed by atoms with Crippen LogP contribution in [0.2, 0.25) is 0 Å². The van der Waals surface area contributed by atoms with Gasteiger partial charge in [0.1, 0.15) is 11.5 Å². The quantitative estimate of drug-likeness (QED) is 0.401. The molecule has 150 valence electrons. The molecule has 6 nitrogen and oxygen atoms in total. The van der Waals surface area contributed by atoms with Gasteiger partial charge in [-0.15, -0.1) is 0 Å². The number of likely N-dealkylation sites (tertiary alicyclic amines) is 1. The number of hydrogen-bond acceptors (Lipinski definition) is 5. The van der Waals surface area contributed by atoms with Gasteiger partial charge in [0, 0.05) is 24.5 Å². The first-order chi connectivity index (χ1) is 14.6. The van der Waals surface area contributed by atoms with E-state index in [1.165, 1.54) is 17.3 Å². The van der Waals surface area contributed by atoms with Crippen LogP contribution < -0.4 is 4.74 Å². The highest BCUT2D eigenvalue weighted by atomic mass is 16.5. The van der Waals surface area contributed by atoms with Crippen LogP contribution in [0.1, 0.15) is 22.7 Å². The van der Waals surface area contributed by atoms with E-state index in [1.54, 1.807) is 37.4 Å². The molecule has 1 aliphatic rings. The predicted octanol–water partition coefficient (Wildman–Crippen LogP) is 3.71. The molecular weight excluding hydrogens is 380 g/mol. The van der Waals surface area contributed by atoms with Gasteiger partial charge in [0.25, 0.3) is 11.7 Å². The van der Waals surface area contributed by atoms with Crippen molar-refractivity contribution in [1.29, 1.82) is 0 Å². The van der Waals surface area contributed by atoms with Gasteiger partial charge in [-0.3, -0.25) is 14.6 Å². The molecule has 2 aromatic carbocycles. The van der Waals surface area contributed by atoms with Gasteiger partial charge in [-0.1, -0.05) is 42.5 Å². The summed E-state index contributed by atoms with van der Waals surface area (Å²) in [7, 11) is 1.55. The van der Waals surface area contributed by atoms with Crippen molar-refractivity contribution in [3.05, 3.63) is 101 Å². The Morgan fingerprint density at radius 2 is 1.77 bits per heavy atom. The number of aliphatic hydroxyl groups is 1. The number of rotatable bonds is 5. The maximum atomic E-state index is 13.0. The lowest BCUT2D eigenvalue weighted by molar-refractivity contribution is -0.140. The summed E-state index contributed by atoms with van der Waals surface area (Å²) < 4.78 is 5.33. The van der Waals surface area contributed by atoms with Crippen LogP contribution in [0.15, 0.2) is 84.7 Å². The van der Waals surface area contributed by atoms with Crippen molar-refractivity contribution in [2.75, 3.05) is 7.11 Å². The fourth-order valence-electron chi connectivity index (χ4n) is 3.65. The molecule has 6 heteroatoms.